The Bertz CT molecular complexity index is 899. The number of carbonyl (C=O) groups is 1. The molecule has 0 bridgehead atoms. The number of fused-ring (bicyclic) bond motifs is 1. The molecule has 1 aliphatic heterocycles. The molecule has 1 aliphatic rings. The van der Waals surface area contributed by atoms with Crippen LogP contribution in [0.1, 0.15) is 11.5 Å². The maximum Gasteiger partial charge on any atom is 0.237 e. The minimum absolute atomic E-state index is 0.132. The van der Waals surface area contributed by atoms with Crippen molar-refractivity contribution in [1.82, 2.24) is 10.2 Å². The lowest BCUT2D eigenvalue weighted by Gasteiger charge is -2.01. The number of aliphatic imine (C=N–C) groups is 1. The number of halogens is 1. The molecule has 2 aromatic heterocycles. The fourth-order valence-electron chi connectivity index (χ4n) is 2.49. The van der Waals surface area contributed by atoms with E-state index >= 15 is 0 Å². The summed E-state index contributed by atoms with van der Waals surface area (Å²) >= 11 is 6.00. The number of amides is 1. The lowest BCUT2D eigenvalue weighted by molar-refractivity contribution is -0.115. The topological polar surface area (TPSA) is 83.3 Å². The van der Waals surface area contributed by atoms with Gasteiger partial charge in [0.05, 0.1) is 6.26 Å². The average molecular weight is 327 g/mol. The molecular formula is C16H11ClN4O2. The third-order valence-electron chi connectivity index (χ3n) is 3.60. The molecule has 2 N–H and O–H groups in total. The van der Waals surface area contributed by atoms with Crippen molar-refractivity contribution in [2.45, 2.75) is 5.92 Å². The van der Waals surface area contributed by atoms with Gasteiger partial charge in [-0.15, -0.1) is 0 Å². The van der Waals surface area contributed by atoms with Crippen LogP contribution in [0.15, 0.2) is 52.1 Å². The second kappa shape index (κ2) is 5.40. The molecule has 6 nitrogen and oxygen atoms in total. The summed E-state index contributed by atoms with van der Waals surface area (Å²) < 4.78 is 5.29. The highest BCUT2D eigenvalue weighted by Crippen LogP contribution is 2.33. The molecule has 7 heteroatoms. The molecule has 3 aromatic rings. The van der Waals surface area contributed by atoms with Crippen molar-refractivity contribution in [1.29, 1.82) is 0 Å². The van der Waals surface area contributed by atoms with Crippen molar-refractivity contribution >= 4 is 35.2 Å². The molecule has 4 rings (SSSR count). The largest absolute Gasteiger partial charge is 0.463 e. The van der Waals surface area contributed by atoms with Gasteiger partial charge < -0.3 is 9.73 Å². The second-order valence-electron chi connectivity index (χ2n) is 5.09. The first-order valence-corrected chi connectivity index (χ1v) is 7.32. The van der Waals surface area contributed by atoms with Crippen LogP contribution >= 0.6 is 11.6 Å². The van der Waals surface area contributed by atoms with E-state index in [9.17, 15) is 4.79 Å². The standard InChI is InChI=1S/C16H11ClN4O2/c17-9-3-4-12-10(6-9)11(16(22)19-12)8-18-15-7-13(20-21-15)14-2-1-5-23-14/h1-8,11H,(H,19,22)(H,20,21). The highest BCUT2D eigenvalue weighted by molar-refractivity contribution is 6.31. The number of nitrogens with one attached hydrogen (secondary N) is 2. The number of carbonyl (C=O) groups excluding carboxylic acids is 1. The molecule has 23 heavy (non-hydrogen) atoms. The molecule has 1 atom stereocenters. The van der Waals surface area contributed by atoms with Crippen LogP contribution in [-0.2, 0) is 4.79 Å². The van der Waals surface area contributed by atoms with Crippen molar-refractivity contribution in [3.63, 3.8) is 0 Å². The fourth-order valence-corrected chi connectivity index (χ4v) is 2.67. The Balaban J connectivity index is 1.60. The Morgan fingerprint density at radius 1 is 1.30 bits per heavy atom. The molecule has 1 aromatic carbocycles. The van der Waals surface area contributed by atoms with Crippen LogP contribution in [-0.4, -0.2) is 22.3 Å². The van der Waals surface area contributed by atoms with E-state index in [1.165, 1.54) is 0 Å². The summed E-state index contributed by atoms with van der Waals surface area (Å²) in [6.07, 6.45) is 3.15. The van der Waals surface area contributed by atoms with Gasteiger partial charge in [0.25, 0.3) is 0 Å². The van der Waals surface area contributed by atoms with Gasteiger partial charge >= 0.3 is 0 Å². The van der Waals surface area contributed by atoms with E-state index in [0.717, 1.165) is 16.9 Å². The predicted octanol–water partition coefficient (Wildman–Crippen LogP) is 3.76. The highest BCUT2D eigenvalue weighted by Gasteiger charge is 2.29. The number of hydrogen-bond donors (Lipinski definition) is 2. The Kier molecular flexibility index (Phi) is 3.24. The molecular weight excluding hydrogens is 316 g/mol. The zero-order chi connectivity index (χ0) is 15.8. The van der Waals surface area contributed by atoms with E-state index in [-0.39, 0.29) is 5.91 Å². The van der Waals surface area contributed by atoms with Gasteiger partial charge in [-0.25, -0.2) is 4.99 Å². The summed E-state index contributed by atoms with van der Waals surface area (Å²) in [5.41, 5.74) is 2.30. The Hall–Kier alpha value is -2.86. The summed E-state index contributed by atoms with van der Waals surface area (Å²) in [6.45, 7) is 0. The maximum atomic E-state index is 12.1. The molecule has 0 spiro atoms. The van der Waals surface area contributed by atoms with Gasteiger partial charge in [-0.05, 0) is 35.9 Å². The van der Waals surface area contributed by atoms with Crippen LogP contribution in [0.5, 0.6) is 0 Å². The van der Waals surface area contributed by atoms with Gasteiger partial charge in [-0.3, -0.25) is 9.89 Å². The molecule has 3 heterocycles. The van der Waals surface area contributed by atoms with Crippen LogP contribution in [0.25, 0.3) is 11.5 Å². The molecule has 0 aliphatic carbocycles. The minimum atomic E-state index is -0.479. The molecule has 0 saturated carbocycles. The van der Waals surface area contributed by atoms with E-state index in [2.05, 4.69) is 20.5 Å². The first kappa shape index (κ1) is 13.8. The normalized spacial score (nSPS) is 16.7. The van der Waals surface area contributed by atoms with Gasteiger partial charge in [0, 0.05) is 23.0 Å². The Morgan fingerprint density at radius 3 is 3.04 bits per heavy atom. The van der Waals surface area contributed by atoms with E-state index in [4.69, 9.17) is 16.0 Å². The molecule has 0 saturated heterocycles. The third kappa shape index (κ3) is 2.53. The molecule has 1 unspecified atom stereocenters. The van der Waals surface area contributed by atoms with Crippen LogP contribution in [0, 0.1) is 0 Å². The van der Waals surface area contributed by atoms with Gasteiger partial charge in [-0.1, -0.05) is 11.6 Å². The summed E-state index contributed by atoms with van der Waals surface area (Å²) in [5, 5.41) is 10.3. The quantitative estimate of drug-likeness (QED) is 0.719. The zero-order valence-electron chi connectivity index (χ0n) is 11.8. The van der Waals surface area contributed by atoms with E-state index in [0.29, 0.717) is 16.6 Å². The number of aromatic nitrogens is 2. The number of rotatable bonds is 3. The summed E-state index contributed by atoms with van der Waals surface area (Å²) in [4.78, 5) is 16.4. The van der Waals surface area contributed by atoms with Crippen molar-refractivity contribution in [3.05, 3.63) is 53.2 Å². The number of H-pyrrole nitrogens is 1. The zero-order valence-corrected chi connectivity index (χ0v) is 12.5. The number of nitrogens with zero attached hydrogens (tertiary/aromatic N) is 2. The van der Waals surface area contributed by atoms with Crippen molar-refractivity contribution < 1.29 is 9.21 Å². The van der Waals surface area contributed by atoms with Crippen LogP contribution in [0.2, 0.25) is 5.02 Å². The number of furan rings is 1. The van der Waals surface area contributed by atoms with Gasteiger partial charge in [-0.2, -0.15) is 5.10 Å². The molecule has 1 amide bonds. The predicted molar refractivity (Wildman–Crippen MR) is 87.3 cm³/mol. The smallest absolute Gasteiger partial charge is 0.237 e. The summed E-state index contributed by atoms with van der Waals surface area (Å²) in [7, 11) is 0. The highest BCUT2D eigenvalue weighted by atomic mass is 35.5. The van der Waals surface area contributed by atoms with Crippen molar-refractivity contribution in [3.8, 4) is 11.5 Å². The number of anilines is 1. The van der Waals surface area contributed by atoms with E-state index < -0.39 is 5.92 Å². The molecule has 0 radical (unpaired) electrons. The Labute approximate surface area is 136 Å². The van der Waals surface area contributed by atoms with Crippen molar-refractivity contribution in [2.75, 3.05) is 5.32 Å². The van der Waals surface area contributed by atoms with Gasteiger partial charge in [0.15, 0.2) is 11.6 Å². The maximum absolute atomic E-state index is 12.1. The van der Waals surface area contributed by atoms with E-state index in [1.54, 1.807) is 42.8 Å². The number of aromatic amines is 1. The Morgan fingerprint density at radius 2 is 2.22 bits per heavy atom. The minimum Gasteiger partial charge on any atom is -0.463 e. The summed E-state index contributed by atoms with van der Waals surface area (Å²) in [5.74, 6) is 0.537. The average Bonchev–Trinajstić information content (AvgIpc) is 3.24. The number of hydrogen-bond acceptors (Lipinski definition) is 4. The van der Waals surface area contributed by atoms with Crippen LogP contribution in [0.4, 0.5) is 11.5 Å². The first-order valence-electron chi connectivity index (χ1n) is 6.94. The fraction of sp³-hybridized carbons (Fsp3) is 0.0625. The lowest BCUT2D eigenvalue weighted by Crippen LogP contribution is -2.12. The van der Waals surface area contributed by atoms with Gasteiger partial charge in [0.1, 0.15) is 11.6 Å². The first-order chi connectivity index (χ1) is 11.2. The molecule has 0 fully saturated rings. The third-order valence-corrected chi connectivity index (χ3v) is 3.83. The van der Waals surface area contributed by atoms with E-state index in [1.807, 2.05) is 6.07 Å². The van der Waals surface area contributed by atoms with Crippen molar-refractivity contribution in [2.24, 2.45) is 4.99 Å². The van der Waals surface area contributed by atoms with Crippen LogP contribution in [0.3, 0.4) is 0 Å². The second-order valence-corrected chi connectivity index (χ2v) is 5.53. The monoisotopic (exact) mass is 326 g/mol. The summed E-state index contributed by atoms with van der Waals surface area (Å²) in [6, 6.07) is 10.7. The SMILES string of the molecule is O=C1Nc2ccc(Cl)cc2C1C=Nc1cc(-c2ccco2)[nH]n1. The molecule has 114 valence electrons. The van der Waals surface area contributed by atoms with Crippen LogP contribution < -0.4 is 5.32 Å². The number of benzene rings is 1. The van der Waals surface area contributed by atoms with Gasteiger partial charge in [0.2, 0.25) is 5.91 Å². The lowest BCUT2D eigenvalue weighted by atomic mass is 10.0.